The van der Waals surface area contributed by atoms with Gasteiger partial charge in [-0.3, -0.25) is 9.48 Å². The summed E-state index contributed by atoms with van der Waals surface area (Å²) in [4.78, 5) is 12.0. The number of aryl methyl sites for hydroxylation is 1. The molecule has 1 aliphatic rings. The summed E-state index contributed by atoms with van der Waals surface area (Å²) in [5.74, 6) is 0.847. The fourth-order valence-electron chi connectivity index (χ4n) is 2.58. The van der Waals surface area contributed by atoms with Crippen molar-refractivity contribution in [1.29, 1.82) is 0 Å². The zero-order valence-corrected chi connectivity index (χ0v) is 11.6. The Balaban J connectivity index is 1.63. The molecule has 1 fully saturated rings. The molecule has 1 aromatic rings. The summed E-state index contributed by atoms with van der Waals surface area (Å²) in [6.07, 6.45) is 7.97. The summed E-state index contributed by atoms with van der Waals surface area (Å²) < 4.78 is 1.89. The molecular weight excluding hydrogens is 240 g/mol. The molecule has 2 rings (SSSR count). The Morgan fingerprint density at radius 3 is 3.21 bits per heavy atom. The summed E-state index contributed by atoms with van der Waals surface area (Å²) >= 11 is 0. The topological polar surface area (TPSA) is 59.0 Å². The quantitative estimate of drug-likeness (QED) is 0.758. The second-order valence-corrected chi connectivity index (χ2v) is 5.22. The molecule has 106 valence electrons. The van der Waals surface area contributed by atoms with E-state index >= 15 is 0 Å². The maximum Gasteiger partial charge on any atom is 0.237 e. The Morgan fingerprint density at radius 2 is 2.47 bits per heavy atom. The van der Waals surface area contributed by atoms with Crippen molar-refractivity contribution in [2.45, 2.75) is 45.2 Å². The number of rotatable bonds is 6. The van der Waals surface area contributed by atoms with Crippen LogP contribution in [0, 0.1) is 5.92 Å². The van der Waals surface area contributed by atoms with Gasteiger partial charge in [0.15, 0.2) is 0 Å². The molecule has 1 saturated heterocycles. The number of carbonyl (C=O) groups excluding carboxylic acids is 1. The van der Waals surface area contributed by atoms with E-state index in [1.165, 1.54) is 12.8 Å². The highest BCUT2D eigenvalue weighted by molar-refractivity contribution is 5.81. The number of nitrogens with zero attached hydrogens (tertiary/aromatic N) is 2. The SMILES string of the molecule is CCC1CCNC(C(=O)NCCCn2cccn2)C1. The Bertz CT molecular complexity index is 377. The third-order valence-corrected chi connectivity index (χ3v) is 3.83. The van der Waals surface area contributed by atoms with Crippen LogP contribution in [0.2, 0.25) is 0 Å². The molecule has 2 unspecified atom stereocenters. The fourth-order valence-corrected chi connectivity index (χ4v) is 2.58. The minimum Gasteiger partial charge on any atom is -0.355 e. The van der Waals surface area contributed by atoms with Gasteiger partial charge in [-0.15, -0.1) is 0 Å². The first-order valence-corrected chi connectivity index (χ1v) is 7.28. The van der Waals surface area contributed by atoms with E-state index in [1.54, 1.807) is 6.20 Å². The molecule has 0 spiro atoms. The van der Waals surface area contributed by atoms with Crippen molar-refractivity contribution in [3.8, 4) is 0 Å². The van der Waals surface area contributed by atoms with E-state index in [4.69, 9.17) is 0 Å². The third kappa shape index (κ3) is 4.35. The van der Waals surface area contributed by atoms with E-state index in [-0.39, 0.29) is 11.9 Å². The van der Waals surface area contributed by atoms with Crippen molar-refractivity contribution in [3.05, 3.63) is 18.5 Å². The molecule has 2 heterocycles. The zero-order valence-electron chi connectivity index (χ0n) is 11.6. The molecule has 2 atom stereocenters. The second-order valence-electron chi connectivity index (χ2n) is 5.22. The molecule has 0 radical (unpaired) electrons. The van der Waals surface area contributed by atoms with Crippen LogP contribution in [0.1, 0.15) is 32.6 Å². The van der Waals surface area contributed by atoms with Crippen LogP contribution in [-0.4, -0.2) is 34.8 Å². The Hall–Kier alpha value is -1.36. The predicted molar refractivity (Wildman–Crippen MR) is 74.7 cm³/mol. The Labute approximate surface area is 114 Å². The van der Waals surface area contributed by atoms with Gasteiger partial charge in [0.2, 0.25) is 5.91 Å². The van der Waals surface area contributed by atoms with Gasteiger partial charge in [0, 0.05) is 25.5 Å². The third-order valence-electron chi connectivity index (χ3n) is 3.83. The lowest BCUT2D eigenvalue weighted by atomic mass is 9.90. The van der Waals surface area contributed by atoms with E-state index in [9.17, 15) is 4.79 Å². The maximum atomic E-state index is 12.0. The van der Waals surface area contributed by atoms with Crippen molar-refractivity contribution in [2.24, 2.45) is 5.92 Å². The average molecular weight is 264 g/mol. The lowest BCUT2D eigenvalue weighted by Gasteiger charge is -2.28. The van der Waals surface area contributed by atoms with Gasteiger partial charge < -0.3 is 10.6 Å². The lowest BCUT2D eigenvalue weighted by Crippen LogP contribution is -2.48. The molecule has 5 nitrogen and oxygen atoms in total. The van der Waals surface area contributed by atoms with Crippen molar-refractivity contribution in [3.63, 3.8) is 0 Å². The summed E-state index contributed by atoms with van der Waals surface area (Å²) in [7, 11) is 0. The van der Waals surface area contributed by atoms with Crippen molar-refractivity contribution < 1.29 is 4.79 Å². The summed E-state index contributed by atoms with van der Waals surface area (Å²) in [6, 6.07) is 1.92. The first-order chi connectivity index (χ1) is 9.29. The first-order valence-electron chi connectivity index (χ1n) is 7.28. The molecule has 19 heavy (non-hydrogen) atoms. The maximum absolute atomic E-state index is 12.0. The molecule has 5 heteroatoms. The number of aromatic nitrogens is 2. The highest BCUT2D eigenvalue weighted by Crippen LogP contribution is 2.19. The molecular formula is C14H24N4O. The van der Waals surface area contributed by atoms with Gasteiger partial charge in [0.1, 0.15) is 0 Å². The molecule has 0 bridgehead atoms. The normalized spacial score (nSPS) is 23.2. The fraction of sp³-hybridized carbons (Fsp3) is 0.714. The van der Waals surface area contributed by atoms with Gasteiger partial charge in [-0.05, 0) is 37.8 Å². The molecule has 0 aliphatic carbocycles. The molecule has 0 saturated carbocycles. The van der Waals surface area contributed by atoms with Crippen LogP contribution in [0.15, 0.2) is 18.5 Å². The monoisotopic (exact) mass is 264 g/mol. The lowest BCUT2D eigenvalue weighted by molar-refractivity contribution is -0.124. The predicted octanol–water partition coefficient (Wildman–Crippen LogP) is 1.17. The zero-order chi connectivity index (χ0) is 13.5. The number of piperidine rings is 1. The van der Waals surface area contributed by atoms with Gasteiger partial charge in [-0.2, -0.15) is 5.10 Å². The smallest absolute Gasteiger partial charge is 0.237 e. The number of hydrogen-bond donors (Lipinski definition) is 2. The van der Waals surface area contributed by atoms with Gasteiger partial charge in [0.25, 0.3) is 0 Å². The largest absolute Gasteiger partial charge is 0.355 e. The molecule has 1 aromatic heterocycles. The molecule has 1 aliphatic heterocycles. The van der Waals surface area contributed by atoms with Gasteiger partial charge >= 0.3 is 0 Å². The van der Waals surface area contributed by atoms with Crippen LogP contribution in [-0.2, 0) is 11.3 Å². The van der Waals surface area contributed by atoms with E-state index < -0.39 is 0 Å². The van der Waals surface area contributed by atoms with Crippen LogP contribution in [0.4, 0.5) is 0 Å². The van der Waals surface area contributed by atoms with Crippen LogP contribution >= 0.6 is 0 Å². The highest BCUT2D eigenvalue weighted by atomic mass is 16.2. The van der Waals surface area contributed by atoms with Crippen LogP contribution in [0.3, 0.4) is 0 Å². The minimum atomic E-state index is 0.00315. The van der Waals surface area contributed by atoms with Crippen molar-refractivity contribution >= 4 is 5.91 Å². The van der Waals surface area contributed by atoms with Crippen molar-refractivity contribution in [2.75, 3.05) is 13.1 Å². The van der Waals surface area contributed by atoms with E-state index in [2.05, 4.69) is 22.7 Å². The molecule has 2 N–H and O–H groups in total. The standard InChI is InChI=1S/C14H24N4O/c1-2-12-5-8-15-13(11-12)14(19)16-6-3-9-18-10-4-7-17-18/h4,7,10,12-13,15H,2-3,5-6,8-9,11H2,1H3,(H,16,19). The highest BCUT2D eigenvalue weighted by Gasteiger charge is 2.25. The van der Waals surface area contributed by atoms with Crippen LogP contribution in [0.25, 0.3) is 0 Å². The number of amides is 1. The van der Waals surface area contributed by atoms with E-state index in [1.807, 2.05) is 16.9 Å². The average Bonchev–Trinajstić information content (AvgIpc) is 2.96. The second kappa shape index (κ2) is 7.28. The van der Waals surface area contributed by atoms with E-state index in [0.717, 1.165) is 25.9 Å². The number of hydrogen-bond acceptors (Lipinski definition) is 3. The molecule has 0 aromatic carbocycles. The van der Waals surface area contributed by atoms with Gasteiger partial charge in [0.05, 0.1) is 6.04 Å². The number of carbonyl (C=O) groups is 1. The van der Waals surface area contributed by atoms with Gasteiger partial charge in [-0.1, -0.05) is 13.3 Å². The molecule has 1 amide bonds. The Kier molecular flexibility index (Phi) is 5.39. The first kappa shape index (κ1) is 14.1. The van der Waals surface area contributed by atoms with E-state index in [0.29, 0.717) is 12.5 Å². The summed E-state index contributed by atoms with van der Waals surface area (Å²) in [5.41, 5.74) is 0. The van der Waals surface area contributed by atoms with Crippen LogP contribution < -0.4 is 10.6 Å². The minimum absolute atomic E-state index is 0.00315. The summed E-state index contributed by atoms with van der Waals surface area (Å²) in [6.45, 7) is 4.73. The summed E-state index contributed by atoms with van der Waals surface area (Å²) in [5, 5.41) is 10.5. The van der Waals surface area contributed by atoms with Crippen LogP contribution in [0.5, 0.6) is 0 Å². The number of nitrogens with one attached hydrogen (secondary N) is 2. The van der Waals surface area contributed by atoms with Gasteiger partial charge in [-0.25, -0.2) is 0 Å². The Morgan fingerprint density at radius 1 is 1.58 bits per heavy atom. The van der Waals surface area contributed by atoms with Crippen molar-refractivity contribution in [1.82, 2.24) is 20.4 Å².